The van der Waals surface area contributed by atoms with Crippen LogP contribution in [-0.2, 0) is 30.0 Å². The number of nitrogens with one attached hydrogen (secondary N) is 1. The zero-order valence-corrected chi connectivity index (χ0v) is 21.5. The van der Waals surface area contributed by atoms with Crippen molar-refractivity contribution in [1.29, 1.82) is 0 Å². The van der Waals surface area contributed by atoms with E-state index in [4.69, 9.17) is 23.4 Å². The third-order valence-electron chi connectivity index (χ3n) is 6.29. The summed E-state index contributed by atoms with van der Waals surface area (Å²) < 4.78 is 27.9. The van der Waals surface area contributed by atoms with Crippen molar-refractivity contribution in [2.24, 2.45) is 0 Å². The lowest BCUT2D eigenvalue weighted by Gasteiger charge is -2.41. The van der Waals surface area contributed by atoms with E-state index in [2.05, 4.69) is 39.2 Å². The highest BCUT2D eigenvalue weighted by atomic mass is 28.4. The van der Waals surface area contributed by atoms with Crippen molar-refractivity contribution in [3.8, 4) is 0 Å². The van der Waals surface area contributed by atoms with Crippen LogP contribution in [0.1, 0.15) is 26.3 Å². The third kappa shape index (κ3) is 7.48. The van der Waals surface area contributed by atoms with Crippen LogP contribution in [0.25, 0.3) is 0 Å². The van der Waals surface area contributed by atoms with Gasteiger partial charge in [0.25, 0.3) is 0 Å². The van der Waals surface area contributed by atoms with E-state index in [-0.39, 0.29) is 38.3 Å². The van der Waals surface area contributed by atoms with Gasteiger partial charge in [-0.2, -0.15) is 0 Å². The number of alkyl carbamates (subject to hydrolysis) is 1. The van der Waals surface area contributed by atoms with Gasteiger partial charge < -0.3 is 38.9 Å². The molecule has 1 aromatic rings. The van der Waals surface area contributed by atoms with E-state index >= 15 is 0 Å². The van der Waals surface area contributed by atoms with Gasteiger partial charge in [0.2, 0.25) is 0 Å². The van der Waals surface area contributed by atoms with Crippen LogP contribution in [0.3, 0.4) is 0 Å². The second kappa shape index (κ2) is 11.7. The van der Waals surface area contributed by atoms with Crippen molar-refractivity contribution in [3.05, 3.63) is 35.9 Å². The molecule has 4 atom stereocenters. The summed E-state index contributed by atoms with van der Waals surface area (Å²) in [5.41, 5.74) is -0.261. The normalized spacial score (nSPS) is 23.2. The highest BCUT2D eigenvalue weighted by Crippen LogP contribution is 2.38. The number of amides is 1. The molecular weight excluding hydrogens is 446 g/mol. The summed E-state index contributed by atoms with van der Waals surface area (Å²) in [5.74, 6) is 0. The number of benzene rings is 1. The van der Waals surface area contributed by atoms with E-state index in [1.165, 1.54) is 7.11 Å². The molecule has 1 saturated heterocycles. The summed E-state index contributed by atoms with van der Waals surface area (Å²) in [5, 5.41) is 24.2. The van der Waals surface area contributed by atoms with Crippen molar-refractivity contribution in [2.75, 3.05) is 33.7 Å². The minimum Gasteiger partial charge on any atom is -0.441 e. The van der Waals surface area contributed by atoms with Crippen LogP contribution in [0.15, 0.2) is 30.3 Å². The Morgan fingerprint density at radius 2 is 1.82 bits per heavy atom. The van der Waals surface area contributed by atoms with Gasteiger partial charge in [0.1, 0.15) is 24.5 Å². The summed E-state index contributed by atoms with van der Waals surface area (Å²) in [4.78, 5) is 12.3. The lowest BCUT2D eigenvalue weighted by Crippen LogP contribution is -2.63. The number of aliphatic hydroxyl groups excluding tert-OH is 2. The Labute approximate surface area is 197 Å². The number of hydrogen-bond donors (Lipinski definition) is 3. The molecule has 2 rings (SSSR count). The molecule has 1 aliphatic rings. The summed E-state index contributed by atoms with van der Waals surface area (Å²) in [6, 6.07) is 9.50. The van der Waals surface area contributed by atoms with Gasteiger partial charge in [0, 0.05) is 7.11 Å². The first-order chi connectivity index (χ1) is 15.4. The van der Waals surface area contributed by atoms with Gasteiger partial charge in [-0.1, -0.05) is 51.1 Å². The Balaban J connectivity index is 2.12. The van der Waals surface area contributed by atoms with Crippen molar-refractivity contribution < 1.29 is 38.4 Å². The maximum Gasteiger partial charge on any atom is 0.408 e. The Bertz CT molecular complexity index is 742. The van der Waals surface area contributed by atoms with E-state index in [1.807, 2.05) is 30.3 Å². The predicted octanol–water partition coefficient (Wildman–Crippen LogP) is 2.41. The molecule has 0 aromatic heterocycles. The molecule has 33 heavy (non-hydrogen) atoms. The molecule has 0 spiro atoms. The molecule has 10 heteroatoms. The lowest BCUT2D eigenvalue weighted by molar-refractivity contribution is -0.124. The Morgan fingerprint density at radius 1 is 1.15 bits per heavy atom. The van der Waals surface area contributed by atoms with Crippen molar-refractivity contribution in [1.82, 2.24) is 5.32 Å². The van der Waals surface area contributed by atoms with Crippen LogP contribution in [0.4, 0.5) is 4.79 Å². The zero-order valence-electron chi connectivity index (χ0n) is 20.5. The van der Waals surface area contributed by atoms with E-state index in [1.54, 1.807) is 0 Å². The van der Waals surface area contributed by atoms with Gasteiger partial charge in [-0.15, -0.1) is 0 Å². The molecule has 0 saturated carbocycles. The quantitative estimate of drug-likeness (QED) is 0.222. The molecule has 1 heterocycles. The minimum absolute atomic E-state index is 0.0106. The lowest BCUT2D eigenvalue weighted by atomic mass is 9.89. The maximum atomic E-state index is 12.3. The number of hydrogen-bond acceptors (Lipinski definition) is 8. The molecule has 0 unspecified atom stereocenters. The molecule has 1 aromatic carbocycles. The third-order valence-corrected chi connectivity index (χ3v) is 10.8. The number of ether oxygens (including phenoxy) is 4. The molecule has 1 fully saturated rings. The van der Waals surface area contributed by atoms with Crippen LogP contribution in [0.2, 0.25) is 18.1 Å². The van der Waals surface area contributed by atoms with Gasteiger partial charge in [0.05, 0.1) is 26.4 Å². The highest BCUT2D eigenvalue weighted by molar-refractivity contribution is 6.74. The number of aliphatic hydroxyl groups is 2. The van der Waals surface area contributed by atoms with Gasteiger partial charge >= 0.3 is 6.09 Å². The molecule has 9 nitrogen and oxygen atoms in total. The van der Waals surface area contributed by atoms with E-state index in [0.717, 1.165) is 5.56 Å². The average Bonchev–Trinajstić information content (AvgIpc) is 3.08. The molecule has 3 N–H and O–H groups in total. The van der Waals surface area contributed by atoms with Gasteiger partial charge in [-0.25, -0.2) is 4.79 Å². The standard InChI is InChI=1S/C23H39NO8Si/c1-22(2,3)33(5,6)31-15-23(14-30-16-28-4)20(32-21(27)24-23)19(26)18(25)13-29-12-17-10-8-7-9-11-17/h7-11,18-20,25-26H,12-16H2,1-6H3,(H,24,27)/t18-,19+,20-,23+/m0/s1. The molecule has 1 aliphatic heterocycles. The first-order valence-electron chi connectivity index (χ1n) is 11.1. The fourth-order valence-electron chi connectivity index (χ4n) is 3.21. The van der Waals surface area contributed by atoms with Crippen molar-refractivity contribution >= 4 is 14.4 Å². The van der Waals surface area contributed by atoms with Crippen LogP contribution in [-0.4, -0.2) is 82.2 Å². The average molecular weight is 486 g/mol. The molecule has 0 radical (unpaired) electrons. The fraction of sp³-hybridized carbons (Fsp3) is 0.696. The SMILES string of the molecule is COCOC[C@]1(CO[Si](C)(C)C(C)(C)C)NC(=O)O[C@H]1[C@H](O)[C@@H](O)COCc1ccccc1. The second-order valence-corrected chi connectivity index (χ2v) is 14.8. The van der Waals surface area contributed by atoms with Crippen molar-refractivity contribution in [3.63, 3.8) is 0 Å². The summed E-state index contributed by atoms with van der Waals surface area (Å²) in [7, 11) is -0.713. The number of rotatable bonds is 13. The summed E-state index contributed by atoms with van der Waals surface area (Å²) in [6.45, 7) is 10.7. The Kier molecular flexibility index (Phi) is 9.86. The predicted molar refractivity (Wildman–Crippen MR) is 125 cm³/mol. The van der Waals surface area contributed by atoms with Gasteiger partial charge in [0.15, 0.2) is 14.4 Å². The van der Waals surface area contributed by atoms with Crippen molar-refractivity contribution in [2.45, 2.75) is 69.4 Å². The molecule has 0 aliphatic carbocycles. The number of carbonyl (C=O) groups is 1. The van der Waals surface area contributed by atoms with E-state index in [9.17, 15) is 15.0 Å². The Hall–Kier alpha value is -1.53. The maximum absolute atomic E-state index is 12.3. The van der Waals surface area contributed by atoms with E-state index in [0.29, 0.717) is 0 Å². The molecule has 0 bridgehead atoms. The van der Waals surface area contributed by atoms with Crippen LogP contribution >= 0.6 is 0 Å². The van der Waals surface area contributed by atoms with Gasteiger partial charge in [-0.3, -0.25) is 0 Å². The monoisotopic (exact) mass is 485 g/mol. The number of cyclic esters (lactones) is 1. The van der Waals surface area contributed by atoms with Gasteiger partial charge in [-0.05, 0) is 23.7 Å². The topological polar surface area (TPSA) is 116 Å². The molecular formula is C23H39NO8Si. The summed E-state index contributed by atoms with van der Waals surface area (Å²) >= 11 is 0. The minimum atomic E-state index is -2.20. The first-order valence-corrected chi connectivity index (χ1v) is 14.0. The van der Waals surface area contributed by atoms with E-state index < -0.39 is 38.3 Å². The largest absolute Gasteiger partial charge is 0.441 e. The highest BCUT2D eigenvalue weighted by Gasteiger charge is 2.55. The zero-order chi connectivity index (χ0) is 24.7. The van der Waals surface area contributed by atoms with Crippen LogP contribution < -0.4 is 5.32 Å². The molecule has 1 amide bonds. The fourth-order valence-corrected chi connectivity index (χ4v) is 4.26. The smallest absolute Gasteiger partial charge is 0.408 e. The van der Waals surface area contributed by atoms with Crippen LogP contribution in [0.5, 0.6) is 0 Å². The first kappa shape index (κ1) is 27.7. The Morgan fingerprint density at radius 3 is 2.42 bits per heavy atom. The molecule has 188 valence electrons. The number of carbonyl (C=O) groups excluding carboxylic acids is 1. The second-order valence-electron chi connectivity index (χ2n) is 9.97. The number of methoxy groups -OCH3 is 1. The van der Waals surface area contributed by atoms with Crippen LogP contribution in [0, 0.1) is 0 Å². The summed E-state index contributed by atoms with van der Waals surface area (Å²) in [6.07, 6.45) is -4.53.